The van der Waals surface area contributed by atoms with E-state index in [1.165, 1.54) is 18.9 Å². The van der Waals surface area contributed by atoms with Crippen LogP contribution in [0.3, 0.4) is 0 Å². The van der Waals surface area contributed by atoms with Gasteiger partial charge in [0.15, 0.2) is 0 Å². The lowest BCUT2D eigenvalue weighted by molar-refractivity contribution is 0.304. The predicted molar refractivity (Wildman–Crippen MR) is 103 cm³/mol. The molecule has 0 amide bonds. The van der Waals surface area contributed by atoms with Crippen molar-refractivity contribution < 1.29 is 13.5 Å². The minimum atomic E-state index is -0.901. The van der Waals surface area contributed by atoms with Gasteiger partial charge in [0.2, 0.25) is 0 Å². The smallest absolute Gasteiger partial charge is 0.145 e. The Bertz CT molecular complexity index is 870. The molecule has 0 saturated heterocycles. The summed E-state index contributed by atoms with van der Waals surface area (Å²) in [5, 5.41) is 8.72. The predicted octanol–water partition coefficient (Wildman–Crippen LogP) is 5.81. The number of halogens is 2. The van der Waals surface area contributed by atoms with Gasteiger partial charge in [-0.2, -0.15) is 5.26 Å². The van der Waals surface area contributed by atoms with E-state index in [0.29, 0.717) is 6.61 Å². The van der Waals surface area contributed by atoms with E-state index in [4.69, 9.17) is 10.00 Å². The van der Waals surface area contributed by atoms with Gasteiger partial charge in [-0.15, -0.1) is 0 Å². The number of ether oxygens (including phenoxy) is 1. The SMILES string of the molecule is CCCCCCOc1cc(C)c(C#Cc2cc(F)c(C#N)c(F)c2)c(C)c1. The maximum atomic E-state index is 13.7. The van der Waals surface area contributed by atoms with Crippen LogP contribution in [-0.4, -0.2) is 6.61 Å². The normalized spacial score (nSPS) is 10.1. The lowest BCUT2D eigenvalue weighted by atomic mass is 10.0. The fourth-order valence-corrected chi connectivity index (χ4v) is 2.81. The molecule has 0 N–H and O–H groups in total. The minimum absolute atomic E-state index is 0.194. The molecule has 0 spiro atoms. The number of nitriles is 1. The second-order valence-electron chi connectivity index (χ2n) is 6.52. The van der Waals surface area contributed by atoms with Gasteiger partial charge in [0.1, 0.15) is 29.0 Å². The number of aryl methyl sites for hydroxylation is 2. The maximum absolute atomic E-state index is 13.7. The van der Waals surface area contributed by atoms with E-state index in [1.807, 2.05) is 26.0 Å². The molecule has 0 heterocycles. The Morgan fingerprint density at radius 1 is 0.889 bits per heavy atom. The first kappa shape index (κ1) is 20.5. The Morgan fingerprint density at radius 2 is 1.52 bits per heavy atom. The van der Waals surface area contributed by atoms with Crippen LogP contribution in [0.2, 0.25) is 0 Å². The lowest BCUT2D eigenvalue weighted by Crippen LogP contribution is -1.99. The molecular weight excluding hydrogens is 344 g/mol. The summed E-state index contributed by atoms with van der Waals surface area (Å²) < 4.78 is 33.2. The molecule has 140 valence electrons. The standard InChI is InChI=1S/C23H23F2NO/c1-4-5-6-7-10-27-19-11-16(2)20(17(3)12-19)9-8-18-13-22(24)21(15-26)23(25)14-18/h11-14H,4-7,10H2,1-3H3. The molecule has 0 saturated carbocycles. The van der Waals surface area contributed by atoms with Crippen molar-refractivity contribution in [3.63, 3.8) is 0 Å². The fourth-order valence-electron chi connectivity index (χ4n) is 2.81. The minimum Gasteiger partial charge on any atom is -0.494 e. The van der Waals surface area contributed by atoms with Crippen LogP contribution >= 0.6 is 0 Å². The molecule has 0 atom stereocenters. The summed E-state index contributed by atoms with van der Waals surface area (Å²) in [6.07, 6.45) is 4.60. The molecule has 0 radical (unpaired) electrons. The van der Waals surface area contributed by atoms with Crippen molar-refractivity contribution in [2.45, 2.75) is 46.5 Å². The van der Waals surface area contributed by atoms with E-state index in [2.05, 4.69) is 18.8 Å². The molecule has 2 aromatic rings. The third kappa shape index (κ3) is 5.56. The van der Waals surface area contributed by atoms with E-state index in [9.17, 15) is 8.78 Å². The van der Waals surface area contributed by atoms with E-state index >= 15 is 0 Å². The topological polar surface area (TPSA) is 33.0 Å². The second kappa shape index (κ2) is 9.74. The summed E-state index contributed by atoms with van der Waals surface area (Å²) in [4.78, 5) is 0. The van der Waals surface area contributed by atoms with Gasteiger partial charge in [0, 0.05) is 11.1 Å². The van der Waals surface area contributed by atoms with E-state index in [-0.39, 0.29) is 5.56 Å². The Balaban J connectivity index is 2.17. The molecule has 27 heavy (non-hydrogen) atoms. The van der Waals surface area contributed by atoms with Gasteiger partial charge in [0.25, 0.3) is 0 Å². The van der Waals surface area contributed by atoms with Crippen LogP contribution in [0.15, 0.2) is 24.3 Å². The van der Waals surface area contributed by atoms with Gasteiger partial charge < -0.3 is 4.74 Å². The van der Waals surface area contributed by atoms with Crippen molar-refractivity contribution in [3.05, 3.63) is 63.7 Å². The van der Waals surface area contributed by atoms with Crippen molar-refractivity contribution in [3.8, 4) is 23.7 Å². The fraction of sp³-hybridized carbons (Fsp3) is 0.348. The first-order valence-electron chi connectivity index (χ1n) is 9.11. The van der Waals surface area contributed by atoms with E-state index in [1.54, 1.807) is 0 Å². The van der Waals surface area contributed by atoms with Crippen LogP contribution in [0.5, 0.6) is 5.75 Å². The lowest BCUT2D eigenvalue weighted by Gasteiger charge is -2.10. The van der Waals surface area contributed by atoms with Crippen molar-refractivity contribution in [2.75, 3.05) is 6.61 Å². The van der Waals surface area contributed by atoms with Crippen molar-refractivity contribution in [1.29, 1.82) is 5.26 Å². The van der Waals surface area contributed by atoms with Gasteiger partial charge in [-0.3, -0.25) is 0 Å². The van der Waals surface area contributed by atoms with Crippen LogP contribution in [0.25, 0.3) is 0 Å². The molecular formula is C23H23F2NO. The summed E-state index contributed by atoms with van der Waals surface area (Å²) in [6, 6.07) is 7.51. The van der Waals surface area contributed by atoms with Crippen LogP contribution in [-0.2, 0) is 0 Å². The average Bonchev–Trinajstić information content (AvgIpc) is 2.60. The van der Waals surface area contributed by atoms with Crippen molar-refractivity contribution in [2.24, 2.45) is 0 Å². The molecule has 0 unspecified atom stereocenters. The average molecular weight is 367 g/mol. The molecule has 0 aliphatic heterocycles. The van der Waals surface area contributed by atoms with Crippen LogP contribution in [0.4, 0.5) is 8.78 Å². The van der Waals surface area contributed by atoms with Crippen molar-refractivity contribution >= 4 is 0 Å². The number of benzene rings is 2. The number of nitrogens with zero attached hydrogens (tertiary/aromatic N) is 1. The molecule has 0 bridgehead atoms. The largest absolute Gasteiger partial charge is 0.494 e. The van der Waals surface area contributed by atoms with Gasteiger partial charge in [-0.25, -0.2) is 8.78 Å². The summed E-state index contributed by atoms with van der Waals surface area (Å²) in [6.45, 7) is 6.73. The summed E-state index contributed by atoms with van der Waals surface area (Å²) in [7, 11) is 0. The second-order valence-corrected chi connectivity index (χ2v) is 6.52. The Kier molecular flexibility index (Phi) is 7.38. The highest BCUT2D eigenvalue weighted by Gasteiger charge is 2.10. The summed E-state index contributed by atoms with van der Waals surface area (Å²) in [5.41, 5.74) is 2.30. The molecule has 0 fully saturated rings. The third-order valence-electron chi connectivity index (χ3n) is 4.26. The molecule has 0 aliphatic carbocycles. The van der Waals surface area contributed by atoms with Gasteiger partial charge in [-0.05, 0) is 55.7 Å². The highest BCUT2D eigenvalue weighted by molar-refractivity contribution is 5.53. The molecule has 0 aliphatic rings. The van der Waals surface area contributed by atoms with E-state index < -0.39 is 17.2 Å². The Labute approximate surface area is 159 Å². The molecule has 2 aromatic carbocycles. The van der Waals surface area contributed by atoms with Gasteiger partial charge in [0.05, 0.1) is 6.61 Å². The molecule has 0 aromatic heterocycles. The Morgan fingerprint density at radius 3 is 2.07 bits per heavy atom. The number of hydrogen-bond acceptors (Lipinski definition) is 2. The van der Waals surface area contributed by atoms with Crippen molar-refractivity contribution in [1.82, 2.24) is 0 Å². The highest BCUT2D eigenvalue weighted by atomic mass is 19.1. The van der Waals surface area contributed by atoms with E-state index in [0.717, 1.165) is 47.4 Å². The summed E-state index contributed by atoms with van der Waals surface area (Å²) >= 11 is 0. The third-order valence-corrected chi connectivity index (χ3v) is 4.26. The zero-order valence-corrected chi connectivity index (χ0v) is 16.0. The monoisotopic (exact) mass is 367 g/mol. The summed E-state index contributed by atoms with van der Waals surface area (Å²) in [5.74, 6) is 4.77. The molecule has 4 heteroatoms. The molecule has 2 nitrogen and oxygen atoms in total. The number of rotatable bonds is 6. The zero-order valence-electron chi connectivity index (χ0n) is 16.0. The maximum Gasteiger partial charge on any atom is 0.145 e. The van der Waals surface area contributed by atoms with Crippen LogP contribution < -0.4 is 4.74 Å². The number of unbranched alkanes of at least 4 members (excludes halogenated alkanes) is 3. The number of hydrogen-bond donors (Lipinski definition) is 0. The Hall–Kier alpha value is -2.85. The molecule has 2 rings (SSSR count). The highest BCUT2D eigenvalue weighted by Crippen LogP contribution is 2.22. The van der Waals surface area contributed by atoms with Crippen LogP contribution in [0.1, 0.15) is 60.4 Å². The van der Waals surface area contributed by atoms with Crippen LogP contribution in [0, 0.1) is 48.7 Å². The first-order valence-corrected chi connectivity index (χ1v) is 9.11. The van der Waals surface area contributed by atoms with Gasteiger partial charge in [-0.1, -0.05) is 38.0 Å². The van der Waals surface area contributed by atoms with Gasteiger partial charge >= 0.3 is 0 Å². The quantitative estimate of drug-likeness (QED) is 0.477. The first-order chi connectivity index (χ1) is 13.0. The zero-order chi connectivity index (χ0) is 19.8.